The highest BCUT2D eigenvalue weighted by molar-refractivity contribution is 5.93. The monoisotopic (exact) mass is 199 g/mol. The molecular weight excluding hydrogens is 186 g/mol. The van der Waals surface area contributed by atoms with Crippen LogP contribution in [0.5, 0.6) is 0 Å². The Bertz CT molecular complexity index is 243. The van der Waals surface area contributed by atoms with Gasteiger partial charge in [0.2, 0.25) is 5.91 Å². The molecule has 0 aromatic carbocycles. The van der Waals surface area contributed by atoms with Crippen LogP contribution < -0.4 is 5.32 Å². The van der Waals surface area contributed by atoms with Crippen molar-refractivity contribution in [3.05, 3.63) is 12.2 Å². The SMILES string of the molecule is O=C(O)C=CC(=O)NC[C@@H]1CCCO1. The standard InChI is InChI=1S/C9H13NO4/c11-8(3-4-9(12)13)10-6-7-2-1-5-14-7/h3-4,7H,1-2,5-6H2,(H,10,11)(H,12,13)/t7-/m0/s1. The number of aliphatic carboxylic acids is 1. The highest BCUT2D eigenvalue weighted by Gasteiger charge is 2.15. The van der Waals surface area contributed by atoms with E-state index in [1.807, 2.05) is 0 Å². The molecule has 5 nitrogen and oxygen atoms in total. The minimum Gasteiger partial charge on any atom is -0.478 e. The van der Waals surface area contributed by atoms with Gasteiger partial charge in [0.25, 0.3) is 0 Å². The summed E-state index contributed by atoms with van der Waals surface area (Å²) in [5, 5.41) is 10.8. The fraction of sp³-hybridized carbons (Fsp3) is 0.556. The second-order valence-corrected chi connectivity index (χ2v) is 3.05. The Morgan fingerprint density at radius 3 is 2.86 bits per heavy atom. The third-order valence-electron chi connectivity index (χ3n) is 1.91. The third-order valence-corrected chi connectivity index (χ3v) is 1.91. The molecule has 2 N–H and O–H groups in total. The molecule has 0 saturated carbocycles. The smallest absolute Gasteiger partial charge is 0.328 e. The van der Waals surface area contributed by atoms with Gasteiger partial charge in [0.1, 0.15) is 0 Å². The number of carboxylic acid groups (broad SMARTS) is 1. The lowest BCUT2D eigenvalue weighted by Crippen LogP contribution is -2.30. The van der Waals surface area contributed by atoms with E-state index in [1.165, 1.54) is 0 Å². The molecule has 0 spiro atoms. The molecule has 0 aromatic heterocycles. The summed E-state index contributed by atoms with van der Waals surface area (Å²) in [7, 11) is 0. The number of carbonyl (C=O) groups excluding carboxylic acids is 1. The largest absolute Gasteiger partial charge is 0.478 e. The molecule has 1 aliphatic heterocycles. The predicted octanol–water partition coefficient (Wildman–Crippen LogP) is -0.0776. The van der Waals surface area contributed by atoms with Crippen LogP contribution >= 0.6 is 0 Å². The van der Waals surface area contributed by atoms with Gasteiger partial charge in [0.05, 0.1) is 6.10 Å². The highest BCUT2D eigenvalue weighted by Crippen LogP contribution is 2.10. The van der Waals surface area contributed by atoms with Crippen molar-refractivity contribution in [3.63, 3.8) is 0 Å². The van der Waals surface area contributed by atoms with E-state index >= 15 is 0 Å². The van der Waals surface area contributed by atoms with Crippen LogP contribution in [0.15, 0.2) is 12.2 Å². The summed E-state index contributed by atoms with van der Waals surface area (Å²) in [5.41, 5.74) is 0. The van der Waals surface area contributed by atoms with E-state index in [0.29, 0.717) is 6.54 Å². The number of carboxylic acids is 1. The van der Waals surface area contributed by atoms with E-state index < -0.39 is 11.9 Å². The Hall–Kier alpha value is -1.36. The van der Waals surface area contributed by atoms with Crippen molar-refractivity contribution in [2.75, 3.05) is 13.2 Å². The maximum atomic E-state index is 11.0. The summed E-state index contributed by atoms with van der Waals surface area (Å²) in [5.74, 6) is -1.53. The average Bonchev–Trinajstić information content (AvgIpc) is 2.63. The van der Waals surface area contributed by atoms with E-state index in [4.69, 9.17) is 9.84 Å². The first-order valence-electron chi connectivity index (χ1n) is 4.49. The third kappa shape index (κ3) is 4.04. The molecule has 0 radical (unpaired) electrons. The second-order valence-electron chi connectivity index (χ2n) is 3.05. The van der Waals surface area contributed by atoms with Gasteiger partial charge in [0, 0.05) is 25.3 Å². The predicted molar refractivity (Wildman–Crippen MR) is 48.8 cm³/mol. The molecule has 5 heteroatoms. The normalized spacial score (nSPS) is 21.3. The summed E-state index contributed by atoms with van der Waals surface area (Å²) in [6, 6.07) is 0. The van der Waals surface area contributed by atoms with Crippen LogP contribution in [0.25, 0.3) is 0 Å². The Morgan fingerprint density at radius 1 is 1.50 bits per heavy atom. The molecular formula is C9H13NO4. The van der Waals surface area contributed by atoms with Crippen molar-refractivity contribution in [2.45, 2.75) is 18.9 Å². The van der Waals surface area contributed by atoms with Crippen LogP contribution in [-0.4, -0.2) is 36.2 Å². The summed E-state index contributed by atoms with van der Waals surface area (Å²) < 4.78 is 5.27. The van der Waals surface area contributed by atoms with Crippen molar-refractivity contribution >= 4 is 11.9 Å². The van der Waals surface area contributed by atoms with E-state index in [2.05, 4.69) is 5.32 Å². The molecule has 78 valence electrons. The number of nitrogens with one attached hydrogen (secondary N) is 1. The first kappa shape index (κ1) is 10.7. The molecule has 14 heavy (non-hydrogen) atoms. The lowest BCUT2D eigenvalue weighted by atomic mass is 10.2. The Labute approximate surface area is 81.7 Å². The van der Waals surface area contributed by atoms with Crippen molar-refractivity contribution in [3.8, 4) is 0 Å². The molecule has 0 aromatic rings. The van der Waals surface area contributed by atoms with Gasteiger partial charge in [0.15, 0.2) is 0 Å². The van der Waals surface area contributed by atoms with Gasteiger partial charge in [-0.25, -0.2) is 4.79 Å². The zero-order chi connectivity index (χ0) is 10.4. The Morgan fingerprint density at radius 2 is 2.29 bits per heavy atom. The number of hydrogen-bond acceptors (Lipinski definition) is 3. The van der Waals surface area contributed by atoms with Gasteiger partial charge in [-0.2, -0.15) is 0 Å². The topological polar surface area (TPSA) is 75.6 Å². The fourth-order valence-corrected chi connectivity index (χ4v) is 1.23. The Balaban J connectivity index is 2.17. The van der Waals surface area contributed by atoms with Gasteiger partial charge < -0.3 is 15.2 Å². The molecule has 1 heterocycles. The van der Waals surface area contributed by atoms with Crippen molar-refractivity contribution in [1.82, 2.24) is 5.32 Å². The summed E-state index contributed by atoms with van der Waals surface area (Å²) in [6.07, 6.45) is 3.86. The van der Waals surface area contributed by atoms with E-state index in [1.54, 1.807) is 0 Å². The van der Waals surface area contributed by atoms with Gasteiger partial charge in [-0.15, -0.1) is 0 Å². The summed E-state index contributed by atoms with van der Waals surface area (Å²) >= 11 is 0. The Kier molecular flexibility index (Phi) is 4.12. The average molecular weight is 199 g/mol. The molecule has 1 amide bonds. The van der Waals surface area contributed by atoms with E-state index in [-0.39, 0.29) is 6.10 Å². The highest BCUT2D eigenvalue weighted by atomic mass is 16.5. The van der Waals surface area contributed by atoms with Crippen LogP contribution in [0.2, 0.25) is 0 Å². The van der Waals surface area contributed by atoms with Crippen LogP contribution in [0.3, 0.4) is 0 Å². The maximum absolute atomic E-state index is 11.0. The second kappa shape index (κ2) is 5.39. The molecule has 1 fully saturated rings. The zero-order valence-electron chi connectivity index (χ0n) is 7.73. The molecule has 1 rings (SSSR count). The number of rotatable bonds is 4. The van der Waals surface area contributed by atoms with E-state index in [9.17, 15) is 9.59 Å². The van der Waals surface area contributed by atoms with Crippen LogP contribution in [0, 0.1) is 0 Å². The quantitative estimate of drug-likeness (QED) is 0.621. The van der Waals surface area contributed by atoms with Crippen molar-refractivity contribution < 1.29 is 19.4 Å². The van der Waals surface area contributed by atoms with Crippen molar-refractivity contribution in [2.24, 2.45) is 0 Å². The number of amides is 1. The lowest BCUT2D eigenvalue weighted by Gasteiger charge is -2.08. The molecule has 1 saturated heterocycles. The fourth-order valence-electron chi connectivity index (χ4n) is 1.23. The van der Waals surface area contributed by atoms with Crippen molar-refractivity contribution in [1.29, 1.82) is 0 Å². The zero-order valence-corrected chi connectivity index (χ0v) is 7.73. The number of hydrogen-bond donors (Lipinski definition) is 2. The summed E-state index contributed by atoms with van der Waals surface area (Å²) in [4.78, 5) is 21.1. The number of ether oxygens (including phenoxy) is 1. The van der Waals surface area contributed by atoms with E-state index in [0.717, 1.165) is 31.6 Å². The van der Waals surface area contributed by atoms with Crippen LogP contribution in [-0.2, 0) is 14.3 Å². The lowest BCUT2D eigenvalue weighted by molar-refractivity contribution is -0.131. The van der Waals surface area contributed by atoms with Crippen LogP contribution in [0.1, 0.15) is 12.8 Å². The first-order valence-corrected chi connectivity index (χ1v) is 4.49. The maximum Gasteiger partial charge on any atom is 0.328 e. The number of carbonyl (C=O) groups is 2. The van der Waals surface area contributed by atoms with Gasteiger partial charge in [-0.05, 0) is 12.8 Å². The van der Waals surface area contributed by atoms with Gasteiger partial charge in [-0.1, -0.05) is 0 Å². The minimum absolute atomic E-state index is 0.0807. The molecule has 0 unspecified atom stereocenters. The first-order chi connectivity index (χ1) is 6.68. The van der Waals surface area contributed by atoms with Gasteiger partial charge >= 0.3 is 5.97 Å². The molecule has 1 aliphatic rings. The minimum atomic E-state index is -1.13. The molecule has 0 bridgehead atoms. The van der Waals surface area contributed by atoms with Crippen LogP contribution in [0.4, 0.5) is 0 Å². The molecule has 1 atom stereocenters. The summed E-state index contributed by atoms with van der Waals surface area (Å²) in [6.45, 7) is 1.19. The van der Waals surface area contributed by atoms with Gasteiger partial charge in [-0.3, -0.25) is 4.79 Å². The molecule has 0 aliphatic carbocycles.